The van der Waals surface area contributed by atoms with Crippen LogP contribution < -0.4 is 0 Å². The van der Waals surface area contributed by atoms with Crippen LogP contribution in [0.15, 0.2) is 30.3 Å². The Labute approximate surface area is 103 Å². The number of rotatable bonds is 5. The summed E-state index contributed by atoms with van der Waals surface area (Å²) in [6.07, 6.45) is 2.23. The molecular formula is C14H24OSi. The Balaban J connectivity index is 3.27. The molecule has 0 saturated carbocycles. The molecule has 0 aliphatic heterocycles. The van der Waals surface area contributed by atoms with Gasteiger partial charge in [-0.05, 0) is 32.3 Å². The molecule has 0 spiro atoms. The molecule has 0 radical (unpaired) electrons. The first-order valence-electron chi connectivity index (χ1n) is 6.14. The van der Waals surface area contributed by atoms with Gasteiger partial charge in [-0.2, -0.15) is 0 Å². The fourth-order valence-electron chi connectivity index (χ4n) is 2.81. The van der Waals surface area contributed by atoms with Gasteiger partial charge in [-0.15, -0.1) is 0 Å². The second-order valence-electron chi connectivity index (χ2n) is 4.87. The molecule has 1 aromatic rings. The second kappa shape index (κ2) is 5.15. The molecule has 0 atom stereocenters. The third-order valence-electron chi connectivity index (χ3n) is 4.20. The van der Waals surface area contributed by atoms with Gasteiger partial charge in [0.2, 0.25) is 0 Å². The molecule has 1 rings (SSSR count). The van der Waals surface area contributed by atoms with Crippen LogP contribution in [0.3, 0.4) is 0 Å². The van der Waals surface area contributed by atoms with E-state index in [2.05, 4.69) is 58.0 Å². The van der Waals surface area contributed by atoms with Crippen LogP contribution in [0, 0.1) is 0 Å². The van der Waals surface area contributed by atoms with Crippen LogP contribution >= 0.6 is 0 Å². The molecule has 2 heteroatoms. The lowest BCUT2D eigenvalue weighted by molar-refractivity contribution is 0.0197. The molecule has 0 aliphatic carbocycles. The molecule has 0 saturated heterocycles. The Hall–Kier alpha value is -0.603. The van der Waals surface area contributed by atoms with E-state index in [-0.39, 0.29) is 11.0 Å². The van der Waals surface area contributed by atoms with E-state index in [0.717, 1.165) is 23.3 Å². The molecule has 1 aromatic carbocycles. The first-order chi connectivity index (χ1) is 7.54. The highest BCUT2D eigenvalue weighted by Gasteiger charge is 2.43. The predicted molar refractivity (Wildman–Crippen MR) is 73.8 cm³/mol. The summed E-state index contributed by atoms with van der Waals surface area (Å²) >= 11 is 0. The molecule has 0 aromatic heterocycles. The van der Waals surface area contributed by atoms with Gasteiger partial charge in [0.25, 0.3) is 0 Å². The lowest BCUT2D eigenvalue weighted by atomic mass is 9.65. The van der Waals surface area contributed by atoms with Gasteiger partial charge in [-0.3, -0.25) is 0 Å². The van der Waals surface area contributed by atoms with Crippen molar-refractivity contribution in [1.82, 2.24) is 0 Å². The van der Waals surface area contributed by atoms with E-state index in [0.29, 0.717) is 0 Å². The Kier molecular flexibility index (Phi) is 4.33. The maximum absolute atomic E-state index is 5.88. The van der Waals surface area contributed by atoms with Gasteiger partial charge in [-0.25, -0.2) is 0 Å². The lowest BCUT2D eigenvalue weighted by Gasteiger charge is -2.46. The van der Waals surface area contributed by atoms with Crippen LogP contribution in [0.1, 0.15) is 46.1 Å². The molecule has 0 heterocycles. The minimum Gasteiger partial charge on any atom is -0.422 e. The fraction of sp³-hybridized carbons (Fsp3) is 0.571. The Bertz CT molecular complexity index is 315. The molecule has 16 heavy (non-hydrogen) atoms. The third-order valence-corrected chi connectivity index (χ3v) is 5.22. The van der Waals surface area contributed by atoms with Gasteiger partial charge >= 0.3 is 0 Å². The van der Waals surface area contributed by atoms with Crippen molar-refractivity contribution < 1.29 is 4.43 Å². The largest absolute Gasteiger partial charge is 0.422 e. The average molecular weight is 236 g/mol. The van der Waals surface area contributed by atoms with Gasteiger partial charge in [-0.1, -0.05) is 44.2 Å². The van der Waals surface area contributed by atoms with Gasteiger partial charge in [0, 0.05) is 5.41 Å². The van der Waals surface area contributed by atoms with Crippen molar-refractivity contribution in [3.05, 3.63) is 35.9 Å². The van der Waals surface area contributed by atoms with Gasteiger partial charge in [0.05, 0.1) is 5.60 Å². The van der Waals surface area contributed by atoms with E-state index in [1.807, 2.05) is 0 Å². The van der Waals surface area contributed by atoms with Crippen molar-refractivity contribution in [2.24, 2.45) is 0 Å². The summed E-state index contributed by atoms with van der Waals surface area (Å²) in [6.45, 7) is 8.97. The second-order valence-corrected chi connectivity index (χ2v) is 5.28. The highest BCUT2D eigenvalue weighted by Crippen LogP contribution is 2.43. The molecule has 0 bridgehead atoms. The fourth-order valence-corrected chi connectivity index (χ4v) is 3.20. The van der Waals surface area contributed by atoms with E-state index in [1.54, 1.807) is 0 Å². The standard InChI is InChI=1S/C14H24OSi/c1-5-14(6-2,13(3,4)15-16)12-10-8-7-9-11-12/h7-11H,5-6H2,1-4,16H3. The van der Waals surface area contributed by atoms with Crippen molar-refractivity contribution in [3.8, 4) is 0 Å². The zero-order valence-electron chi connectivity index (χ0n) is 11.2. The molecule has 0 amide bonds. The number of benzene rings is 1. The Morgan fingerprint density at radius 3 is 1.94 bits per heavy atom. The summed E-state index contributed by atoms with van der Waals surface area (Å²) < 4.78 is 5.88. The van der Waals surface area contributed by atoms with Crippen molar-refractivity contribution >= 4 is 10.5 Å². The van der Waals surface area contributed by atoms with Crippen LogP contribution in [-0.2, 0) is 9.84 Å². The van der Waals surface area contributed by atoms with E-state index in [4.69, 9.17) is 4.43 Å². The quantitative estimate of drug-likeness (QED) is 0.714. The van der Waals surface area contributed by atoms with Crippen LogP contribution in [0.2, 0.25) is 0 Å². The van der Waals surface area contributed by atoms with Crippen LogP contribution in [-0.4, -0.2) is 16.1 Å². The highest BCUT2D eigenvalue weighted by molar-refractivity contribution is 5.98. The first-order valence-corrected chi connectivity index (χ1v) is 6.96. The minimum absolute atomic E-state index is 0.0793. The van der Waals surface area contributed by atoms with Crippen molar-refractivity contribution in [3.63, 3.8) is 0 Å². The average Bonchev–Trinajstić information content (AvgIpc) is 2.32. The van der Waals surface area contributed by atoms with Gasteiger partial charge < -0.3 is 4.43 Å². The number of hydrogen-bond acceptors (Lipinski definition) is 1. The van der Waals surface area contributed by atoms with Crippen molar-refractivity contribution in [2.75, 3.05) is 0 Å². The van der Waals surface area contributed by atoms with Crippen molar-refractivity contribution in [2.45, 2.75) is 51.6 Å². The predicted octanol–water partition coefficient (Wildman–Crippen LogP) is 2.82. The SMILES string of the molecule is CCC(CC)(c1ccccc1)C(C)(C)O[SiH3]. The van der Waals surface area contributed by atoms with E-state index in [1.165, 1.54) is 5.56 Å². The maximum Gasteiger partial charge on any atom is 0.146 e. The normalized spacial score (nSPS) is 13.0. The maximum atomic E-state index is 5.88. The topological polar surface area (TPSA) is 9.23 Å². The summed E-state index contributed by atoms with van der Waals surface area (Å²) in [7, 11) is 0.788. The van der Waals surface area contributed by atoms with E-state index in [9.17, 15) is 0 Å². The summed E-state index contributed by atoms with van der Waals surface area (Å²) in [4.78, 5) is 0. The summed E-state index contributed by atoms with van der Waals surface area (Å²) in [5.41, 5.74) is 1.46. The van der Waals surface area contributed by atoms with E-state index >= 15 is 0 Å². The smallest absolute Gasteiger partial charge is 0.146 e. The number of hydrogen-bond donors (Lipinski definition) is 0. The minimum atomic E-state index is -0.0793. The zero-order chi connectivity index (χ0) is 12.2. The molecule has 0 fully saturated rings. The summed E-state index contributed by atoms with van der Waals surface area (Å²) in [6, 6.07) is 10.8. The molecule has 0 N–H and O–H groups in total. The molecule has 90 valence electrons. The summed E-state index contributed by atoms with van der Waals surface area (Å²) in [5, 5.41) is 0. The third kappa shape index (κ3) is 2.09. The van der Waals surface area contributed by atoms with Gasteiger partial charge in [0.15, 0.2) is 0 Å². The Morgan fingerprint density at radius 1 is 1.06 bits per heavy atom. The first kappa shape index (κ1) is 13.5. The Morgan fingerprint density at radius 2 is 1.56 bits per heavy atom. The van der Waals surface area contributed by atoms with E-state index < -0.39 is 0 Å². The molecule has 1 nitrogen and oxygen atoms in total. The molecular weight excluding hydrogens is 212 g/mol. The van der Waals surface area contributed by atoms with Crippen LogP contribution in [0.4, 0.5) is 0 Å². The van der Waals surface area contributed by atoms with Crippen LogP contribution in [0.25, 0.3) is 0 Å². The molecule has 0 unspecified atom stereocenters. The van der Waals surface area contributed by atoms with Crippen molar-refractivity contribution in [1.29, 1.82) is 0 Å². The van der Waals surface area contributed by atoms with Crippen LogP contribution in [0.5, 0.6) is 0 Å². The van der Waals surface area contributed by atoms with Gasteiger partial charge in [0.1, 0.15) is 10.5 Å². The monoisotopic (exact) mass is 236 g/mol. The highest BCUT2D eigenvalue weighted by atomic mass is 28.2. The molecule has 0 aliphatic rings. The zero-order valence-corrected chi connectivity index (χ0v) is 13.2. The lowest BCUT2D eigenvalue weighted by Crippen LogP contribution is -2.48. The summed E-state index contributed by atoms with van der Waals surface area (Å²) in [5.74, 6) is 0.